The van der Waals surface area contributed by atoms with E-state index in [0.717, 1.165) is 12.5 Å². The van der Waals surface area contributed by atoms with Crippen molar-refractivity contribution in [2.24, 2.45) is 11.8 Å². The number of aliphatic hydroxyl groups is 1. The molecule has 2 N–H and O–H groups in total. The average molecular weight is 271 g/mol. The zero-order chi connectivity index (χ0) is 14.1. The van der Waals surface area contributed by atoms with Crippen molar-refractivity contribution >= 4 is 0 Å². The highest BCUT2D eigenvalue weighted by atomic mass is 16.5. The van der Waals surface area contributed by atoms with Gasteiger partial charge in [-0.2, -0.15) is 0 Å². The quantitative estimate of drug-likeness (QED) is 0.667. The summed E-state index contributed by atoms with van der Waals surface area (Å²) in [5, 5.41) is 13.4. The molecule has 0 radical (unpaired) electrons. The van der Waals surface area contributed by atoms with Gasteiger partial charge in [-0.1, -0.05) is 39.5 Å². The van der Waals surface area contributed by atoms with Crippen LogP contribution in [-0.2, 0) is 4.74 Å². The normalized spacial score (nSPS) is 21.3. The zero-order valence-corrected chi connectivity index (χ0v) is 13.0. The molecule has 1 aliphatic rings. The monoisotopic (exact) mass is 271 g/mol. The van der Waals surface area contributed by atoms with Gasteiger partial charge in [-0.15, -0.1) is 0 Å². The Morgan fingerprint density at radius 1 is 1.05 bits per heavy atom. The van der Waals surface area contributed by atoms with Gasteiger partial charge in [-0.05, 0) is 31.6 Å². The van der Waals surface area contributed by atoms with Gasteiger partial charge in [0.25, 0.3) is 0 Å². The van der Waals surface area contributed by atoms with Crippen LogP contribution in [0.3, 0.4) is 0 Å². The first-order valence-corrected chi connectivity index (χ1v) is 8.08. The van der Waals surface area contributed by atoms with Crippen molar-refractivity contribution in [2.75, 3.05) is 19.8 Å². The molecule has 0 amide bonds. The molecule has 1 saturated carbocycles. The smallest absolute Gasteiger partial charge is 0.0897 e. The van der Waals surface area contributed by atoms with Crippen molar-refractivity contribution in [1.29, 1.82) is 0 Å². The fraction of sp³-hybridized carbons (Fsp3) is 1.00. The fourth-order valence-electron chi connectivity index (χ4n) is 2.80. The summed E-state index contributed by atoms with van der Waals surface area (Å²) in [7, 11) is 0. The molecular weight excluding hydrogens is 238 g/mol. The van der Waals surface area contributed by atoms with Crippen molar-refractivity contribution in [1.82, 2.24) is 5.32 Å². The number of rotatable bonds is 8. The van der Waals surface area contributed by atoms with Crippen LogP contribution in [-0.4, -0.2) is 37.0 Å². The topological polar surface area (TPSA) is 41.5 Å². The fourth-order valence-corrected chi connectivity index (χ4v) is 2.80. The number of aliphatic hydroxyl groups excluding tert-OH is 1. The molecule has 1 unspecified atom stereocenters. The summed E-state index contributed by atoms with van der Waals surface area (Å²) >= 11 is 0. The van der Waals surface area contributed by atoms with Gasteiger partial charge in [-0.3, -0.25) is 0 Å². The molecule has 0 aliphatic heterocycles. The summed E-state index contributed by atoms with van der Waals surface area (Å²) in [5.41, 5.74) is 0. The Hall–Kier alpha value is -0.120. The maximum Gasteiger partial charge on any atom is 0.0897 e. The molecule has 1 aliphatic carbocycles. The predicted molar refractivity (Wildman–Crippen MR) is 80.3 cm³/mol. The van der Waals surface area contributed by atoms with E-state index in [4.69, 9.17) is 4.74 Å². The summed E-state index contributed by atoms with van der Waals surface area (Å²) in [6, 6.07) is 0.512. The van der Waals surface area contributed by atoms with Crippen LogP contribution in [0.25, 0.3) is 0 Å². The van der Waals surface area contributed by atoms with Crippen molar-refractivity contribution in [3.63, 3.8) is 0 Å². The Balaban J connectivity index is 2.12. The average Bonchev–Trinajstić information content (AvgIpc) is 2.64. The third-order valence-corrected chi connectivity index (χ3v) is 4.04. The van der Waals surface area contributed by atoms with Crippen molar-refractivity contribution in [3.05, 3.63) is 0 Å². The SMILES string of the molecule is CC(C)COCC(O)CN[C@H](C)C1CCCCCC1. The molecule has 0 heterocycles. The summed E-state index contributed by atoms with van der Waals surface area (Å²) < 4.78 is 5.46. The molecule has 0 aromatic heterocycles. The van der Waals surface area contributed by atoms with Gasteiger partial charge < -0.3 is 15.2 Å². The van der Waals surface area contributed by atoms with Gasteiger partial charge in [0.2, 0.25) is 0 Å². The minimum atomic E-state index is -0.382. The van der Waals surface area contributed by atoms with Crippen molar-refractivity contribution in [2.45, 2.75) is 71.4 Å². The first kappa shape index (κ1) is 16.9. The second-order valence-corrected chi connectivity index (χ2v) is 6.53. The van der Waals surface area contributed by atoms with E-state index in [0.29, 0.717) is 25.1 Å². The lowest BCUT2D eigenvalue weighted by Gasteiger charge is -2.25. The molecule has 0 aromatic rings. The Bertz CT molecular complexity index is 213. The van der Waals surface area contributed by atoms with Crippen LogP contribution in [0.1, 0.15) is 59.3 Å². The van der Waals surface area contributed by atoms with Crippen molar-refractivity contribution in [3.8, 4) is 0 Å². The standard InChI is InChI=1S/C16H33NO2/c1-13(2)11-19-12-16(18)10-17-14(3)15-8-6-4-5-7-9-15/h13-18H,4-12H2,1-3H3/t14-,16?/m1/s1. The highest BCUT2D eigenvalue weighted by Crippen LogP contribution is 2.25. The second-order valence-electron chi connectivity index (χ2n) is 6.53. The van der Waals surface area contributed by atoms with Gasteiger partial charge in [0.15, 0.2) is 0 Å². The molecule has 114 valence electrons. The number of hydrogen-bond acceptors (Lipinski definition) is 3. The number of hydrogen-bond donors (Lipinski definition) is 2. The maximum absolute atomic E-state index is 9.88. The van der Waals surface area contributed by atoms with Crippen LogP contribution in [0.5, 0.6) is 0 Å². The molecule has 19 heavy (non-hydrogen) atoms. The van der Waals surface area contributed by atoms with Gasteiger partial charge in [-0.25, -0.2) is 0 Å². The molecule has 3 nitrogen and oxygen atoms in total. The van der Waals surface area contributed by atoms with Gasteiger partial charge in [0.05, 0.1) is 12.7 Å². The molecule has 0 saturated heterocycles. The van der Waals surface area contributed by atoms with E-state index in [1.165, 1.54) is 38.5 Å². The first-order chi connectivity index (χ1) is 9.09. The van der Waals surface area contributed by atoms with Gasteiger partial charge in [0.1, 0.15) is 0 Å². The van der Waals surface area contributed by atoms with E-state index in [1.54, 1.807) is 0 Å². The molecular formula is C16H33NO2. The van der Waals surface area contributed by atoms with Crippen LogP contribution in [0.15, 0.2) is 0 Å². The maximum atomic E-state index is 9.88. The molecule has 3 heteroatoms. The Labute approximate surface area is 119 Å². The molecule has 0 aromatic carbocycles. The summed E-state index contributed by atoms with van der Waals surface area (Å²) in [6.45, 7) is 8.34. The van der Waals surface area contributed by atoms with E-state index >= 15 is 0 Å². The summed E-state index contributed by atoms with van der Waals surface area (Å²) in [5.74, 6) is 1.32. The highest BCUT2D eigenvalue weighted by molar-refractivity contribution is 4.76. The molecule has 0 spiro atoms. The molecule has 0 bridgehead atoms. The Morgan fingerprint density at radius 2 is 1.68 bits per heavy atom. The lowest BCUT2D eigenvalue weighted by Crippen LogP contribution is -2.40. The van der Waals surface area contributed by atoms with Crippen molar-refractivity contribution < 1.29 is 9.84 Å². The van der Waals surface area contributed by atoms with Gasteiger partial charge in [0, 0.05) is 19.2 Å². The lowest BCUT2D eigenvalue weighted by atomic mass is 9.93. The third kappa shape index (κ3) is 7.91. The molecule has 1 fully saturated rings. The highest BCUT2D eigenvalue weighted by Gasteiger charge is 2.19. The van der Waals surface area contributed by atoms with Gasteiger partial charge >= 0.3 is 0 Å². The van der Waals surface area contributed by atoms with E-state index < -0.39 is 0 Å². The Kier molecular flexibility index (Phi) is 8.67. The Morgan fingerprint density at radius 3 is 2.26 bits per heavy atom. The predicted octanol–water partition coefficient (Wildman–Crippen LogP) is 2.97. The van der Waals surface area contributed by atoms with Crippen LogP contribution in [0.2, 0.25) is 0 Å². The number of nitrogens with one attached hydrogen (secondary N) is 1. The van der Waals surface area contributed by atoms with Crippen LogP contribution < -0.4 is 5.32 Å². The minimum Gasteiger partial charge on any atom is -0.389 e. The van der Waals surface area contributed by atoms with Crippen LogP contribution in [0, 0.1) is 11.8 Å². The molecule has 1 rings (SSSR count). The van der Waals surface area contributed by atoms with Crippen LogP contribution in [0.4, 0.5) is 0 Å². The zero-order valence-electron chi connectivity index (χ0n) is 13.0. The van der Waals surface area contributed by atoms with E-state index in [-0.39, 0.29) is 6.10 Å². The third-order valence-electron chi connectivity index (χ3n) is 4.04. The largest absolute Gasteiger partial charge is 0.389 e. The van der Waals surface area contributed by atoms with E-state index in [9.17, 15) is 5.11 Å². The van der Waals surface area contributed by atoms with E-state index in [1.807, 2.05) is 0 Å². The number of ether oxygens (including phenoxy) is 1. The second kappa shape index (κ2) is 9.73. The minimum absolute atomic E-state index is 0.382. The molecule has 2 atom stereocenters. The summed E-state index contributed by atoms with van der Waals surface area (Å²) in [4.78, 5) is 0. The van der Waals surface area contributed by atoms with E-state index in [2.05, 4.69) is 26.1 Å². The lowest BCUT2D eigenvalue weighted by molar-refractivity contribution is 0.0242. The van der Waals surface area contributed by atoms with Crippen LogP contribution >= 0.6 is 0 Å². The summed E-state index contributed by atoms with van der Waals surface area (Å²) in [6.07, 6.45) is 7.84. The first-order valence-electron chi connectivity index (χ1n) is 8.08.